The molecule has 98 valence electrons. The van der Waals surface area contributed by atoms with Gasteiger partial charge in [-0.1, -0.05) is 37.6 Å². The zero-order valence-electron chi connectivity index (χ0n) is 10.9. The summed E-state index contributed by atoms with van der Waals surface area (Å²) in [5.41, 5.74) is 10.4. The third kappa shape index (κ3) is 3.80. The van der Waals surface area contributed by atoms with Crippen LogP contribution in [0.2, 0.25) is 0 Å². The molecule has 0 amide bonds. The fraction of sp³-hybridized carbons (Fsp3) is 0.857. The molecule has 2 aliphatic carbocycles. The van der Waals surface area contributed by atoms with E-state index >= 15 is 0 Å². The monoisotopic (exact) mass is 237 g/mol. The lowest BCUT2D eigenvalue weighted by Gasteiger charge is -2.41. The molecule has 17 heavy (non-hydrogen) atoms. The van der Waals surface area contributed by atoms with E-state index in [-0.39, 0.29) is 12.3 Å². The van der Waals surface area contributed by atoms with E-state index in [0.29, 0.717) is 11.8 Å². The van der Waals surface area contributed by atoms with Crippen molar-refractivity contribution in [2.45, 2.75) is 63.7 Å². The summed E-state index contributed by atoms with van der Waals surface area (Å²) in [5.74, 6) is 1.14. The van der Waals surface area contributed by atoms with E-state index in [1.165, 1.54) is 51.4 Å². The average molecular weight is 237 g/mol. The molecule has 0 bridgehead atoms. The molecule has 2 aliphatic rings. The van der Waals surface area contributed by atoms with Crippen molar-refractivity contribution in [2.24, 2.45) is 17.6 Å². The summed E-state index contributed by atoms with van der Waals surface area (Å²) in [6.45, 7) is 0. The molecule has 0 spiro atoms. The summed E-state index contributed by atoms with van der Waals surface area (Å²) in [6, 6.07) is 0. The van der Waals surface area contributed by atoms with E-state index in [9.17, 15) is 0 Å². The summed E-state index contributed by atoms with van der Waals surface area (Å²) in [6.07, 6.45) is 15.0. The molecule has 1 fully saturated rings. The van der Waals surface area contributed by atoms with Gasteiger partial charge in [-0.25, -0.2) is 0 Å². The first-order valence-corrected chi connectivity index (χ1v) is 7.22. The molecule has 5 N–H and O–H groups in total. The van der Waals surface area contributed by atoms with Gasteiger partial charge in [0.25, 0.3) is 0 Å². The predicted octanol–water partition coefficient (Wildman–Crippen LogP) is 2.15. The maximum Gasteiger partial charge on any atom is 0.00539 e. The lowest BCUT2D eigenvalue weighted by molar-refractivity contribution is -0.422. The third-order valence-electron chi connectivity index (χ3n) is 4.29. The molecule has 3 unspecified atom stereocenters. The SMILES string of the molecule is NC([N-]C([NH3+])C1CCCCC1)C1C=CCCC1. The Morgan fingerprint density at radius 1 is 1.12 bits per heavy atom. The van der Waals surface area contributed by atoms with Crippen LogP contribution in [0.4, 0.5) is 0 Å². The van der Waals surface area contributed by atoms with Gasteiger partial charge in [0, 0.05) is 6.17 Å². The summed E-state index contributed by atoms with van der Waals surface area (Å²) in [4.78, 5) is 0. The average Bonchev–Trinajstić information content (AvgIpc) is 2.40. The minimum absolute atomic E-state index is 0.0315. The minimum Gasteiger partial charge on any atom is -0.594 e. The highest BCUT2D eigenvalue weighted by molar-refractivity contribution is 5.05. The molecule has 0 aromatic heterocycles. The molecule has 0 aliphatic heterocycles. The second-order valence-electron chi connectivity index (χ2n) is 5.63. The largest absolute Gasteiger partial charge is 0.594 e. The standard InChI is InChI=1S/C14H26N3/c15-13(11-7-3-1-4-8-11)17-14(16)12-9-5-2-6-10-12/h3,7,11-14H,1-2,4-6,8-10,15-16H2/q-1/p+1. The zero-order chi connectivity index (χ0) is 12.1. The first-order valence-electron chi connectivity index (χ1n) is 7.22. The minimum atomic E-state index is -0.0315. The number of allylic oxidation sites excluding steroid dienone is 1. The van der Waals surface area contributed by atoms with Crippen LogP contribution in [0.1, 0.15) is 51.4 Å². The van der Waals surface area contributed by atoms with E-state index in [4.69, 9.17) is 11.1 Å². The van der Waals surface area contributed by atoms with Crippen molar-refractivity contribution in [3.63, 3.8) is 0 Å². The molecule has 3 nitrogen and oxygen atoms in total. The van der Waals surface area contributed by atoms with Crippen molar-refractivity contribution in [3.05, 3.63) is 17.5 Å². The maximum atomic E-state index is 6.20. The van der Waals surface area contributed by atoms with Gasteiger partial charge in [0.15, 0.2) is 0 Å². The van der Waals surface area contributed by atoms with Crippen LogP contribution in [0, 0.1) is 11.8 Å². The Morgan fingerprint density at radius 2 is 1.88 bits per heavy atom. The number of hydrogen-bond acceptors (Lipinski definition) is 1. The molecule has 2 rings (SSSR count). The molecule has 3 heteroatoms. The van der Waals surface area contributed by atoms with Gasteiger partial charge in [0.2, 0.25) is 0 Å². The van der Waals surface area contributed by atoms with Crippen LogP contribution >= 0.6 is 0 Å². The molecular formula is C14H27N3. The molecule has 0 radical (unpaired) electrons. The first-order chi connectivity index (χ1) is 8.27. The van der Waals surface area contributed by atoms with Crippen molar-refractivity contribution < 1.29 is 5.73 Å². The molecule has 1 saturated carbocycles. The van der Waals surface area contributed by atoms with E-state index in [2.05, 4.69) is 17.9 Å². The first kappa shape index (κ1) is 13.1. The second-order valence-corrected chi connectivity index (χ2v) is 5.63. The lowest BCUT2D eigenvalue weighted by atomic mass is 9.86. The lowest BCUT2D eigenvalue weighted by Crippen LogP contribution is -2.65. The Labute approximate surface area is 105 Å². The van der Waals surface area contributed by atoms with Gasteiger partial charge in [-0.3, -0.25) is 0 Å². The topological polar surface area (TPSA) is 67.8 Å². The van der Waals surface area contributed by atoms with Crippen LogP contribution in [-0.2, 0) is 0 Å². The Hall–Kier alpha value is -0.380. The highest BCUT2D eigenvalue weighted by atomic mass is 15.1. The van der Waals surface area contributed by atoms with Crippen molar-refractivity contribution in [1.82, 2.24) is 0 Å². The highest BCUT2D eigenvalue weighted by Gasteiger charge is 2.19. The smallest absolute Gasteiger partial charge is 0.00539 e. The van der Waals surface area contributed by atoms with Crippen LogP contribution in [0.15, 0.2) is 12.2 Å². The number of nitrogens with zero attached hydrogens (tertiary/aromatic N) is 1. The van der Waals surface area contributed by atoms with Crippen LogP contribution in [-0.4, -0.2) is 12.3 Å². The molecule has 0 saturated heterocycles. The Bertz CT molecular complexity index is 246. The molecule has 0 aromatic rings. The number of nitrogens with two attached hydrogens (primary N) is 1. The normalized spacial score (nSPS) is 30.1. The predicted molar refractivity (Wildman–Crippen MR) is 71.1 cm³/mol. The van der Waals surface area contributed by atoms with Gasteiger partial charge in [-0.2, -0.15) is 0 Å². The fourth-order valence-corrected chi connectivity index (χ4v) is 3.10. The maximum absolute atomic E-state index is 6.20. The fourth-order valence-electron chi connectivity index (χ4n) is 3.10. The van der Waals surface area contributed by atoms with Gasteiger partial charge in [0.1, 0.15) is 0 Å². The Morgan fingerprint density at radius 3 is 2.53 bits per heavy atom. The van der Waals surface area contributed by atoms with Gasteiger partial charge in [-0.05, 0) is 43.9 Å². The number of rotatable bonds is 4. The van der Waals surface area contributed by atoms with E-state index in [0.717, 1.165) is 0 Å². The summed E-state index contributed by atoms with van der Waals surface area (Å²) < 4.78 is 0. The molecule has 0 heterocycles. The van der Waals surface area contributed by atoms with Crippen LogP contribution < -0.4 is 11.5 Å². The summed E-state index contributed by atoms with van der Waals surface area (Å²) in [7, 11) is 0. The van der Waals surface area contributed by atoms with Crippen LogP contribution in [0.3, 0.4) is 0 Å². The van der Waals surface area contributed by atoms with Crippen molar-refractivity contribution in [1.29, 1.82) is 0 Å². The van der Waals surface area contributed by atoms with Crippen LogP contribution in [0.25, 0.3) is 5.32 Å². The van der Waals surface area contributed by atoms with E-state index in [1.807, 2.05) is 0 Å². The Kier molecular flexibility index (Phi) is 5.01. The summed E-state index contributed by atoms with van der Waals surface area (Å²) >= 11 is 0. The highest BCUT2D eigenvalue weighted by Crippen LogP contribution is 2.29. The molecule has 3 atom stereocenters. The van der Waals surface area contributed by atoms with Crippen molar-refractivity contribution >= 4 is 0 Å². The van der Waals surface area contributed by atoms with Crippen molar-refractivity contribution in [2.75, 3.05) is 0 Å². The van der Waals surface area contributed by atoms with Gasteiger partial charge in [0.05, 0.1) is 0 Å². The van der Waals surface area contributed by atoms with Gasteiger partial charge in [-0.15, -0.1) is 0 Å². The van der Waals surface area contributed by atoms with E-state index < -0.39 is 0 Å². The molecule has 0 aromatic carbocycles. The third-order valence-corrected chi connectivity index (χ3v) is 4.29. The van der Waals surface area contributed by atoms with Gasteiger partial charge >= 0.3 is 0 Å². The summed E-state index contributed by atoms with van der Waals surface area (Å²) in [5, 5.41) is 4.74. The van der Waals surface area contributed by atoms with Crippen LogP contribution in [0.5, 0.6) is 0 Å². The van der Waals surface area contributed by atoms with Gasteiger partial charge < -0.3 is 16.8 Å². The Balaban J connectivity index is 1.78. The second kappa shape index (κ2) is 6.53. The number of quaternary nitrogens is 1. The van der Waals surface area contributed by atoms with Crippen molar-refractivity contribution in [3.8, 4) is 0 Å². The molecular weight excluding hydrogens is 210 g/mol. The van der Waals surface area contributed by atoms with E-state index in [1.54, 1.807) is 0 Å². The number of hydrogen-bond donors (Lipinski definition) is 2. The quantitative estimate of drug-likeness (QED) is 0.723. The zero-order valence-corrected chi connectivity index (χ0v) is 10.9.